The number of esters is 1. The van der Waals surface area contributed by atoms with Gasteiger partial charge in [-0.2, -0.15) is 0 Å². The van der Waals surface area contributed by atoms with Crippen LogP contribution in [0.5, 0.6) is 0 Å². The van der Waals surface area contributed by atoms with Crippen LogP contribution in [0.25, 0.3) is 0 Å². The standard InChI is InChI=1S/C27H29F3O6S/c1-14-8-17-18-10-20(29)19-9-16(31)4-6-24(19,2)26(18,30)21(32)11-25(17,3)27(14,23(34)37-13-28)36-22(33)15-5-7-35-12-15/h4-7,9,12,14,17-18,20-21,32H,8,10-11,13H2,1-3H3/t14?,17-,18-,20?,21?,24-,25-,26?,27?/m0/s1. The lowest BCUT2D eigenvalue weighted by atomic mass is 9.44. The van der Waals surface area contributed by atoms with Crippen LogP contribution in [0.2, 0.25) is 0 Å². The van der Waals surface area contributed by atoms with Gasteiger partial charge in [-0.05, 0) is 67.7 Å². The van der Waals surface area contributed by atoms with E-state index in [2.05, 4.69) is 0 Å². The number of fused-ring (bicyclic) bond motifs is 5. The molecule has 3 fully saturated rings. The number of carbonyl (C=O) groups is 3. The number of rotatable bonds is 4. The summed E-state index contributed by atoms with van der Waals surface area (Å²) in [5, 5.41) is 10.8. The number of carbonyl (C=O) groups excluding carboxylic acids is 3. The predicted molar refractivity (Wildman–Crippen MR) is 129 cm³/mol. The van der Waals surface area contributed by atoms with Gasteiger partial charge < -0.3 is 14.3 Å². The zero-order chi connectivity index (χ0) is 27.0. The van der Waals surface area contributed by atoms with E-state index in [1.165, 1.54) is 31.4 Å². The Morgan fingerprint density at radius 3 is 2.65 bits per heavy atom. The van der Waals surface area contributed by atoms with Gasteiger partial charge in [-0.25, -0.2) is 18.0 Å². The van der Waals surface area contributed by atoms with E-state index in [0.29, 0.717) is 11.8 Å². The molecule has 10 heteroatoms. The second-order valence-electron chi connectivity index (χ2n) is 11.2. The molecule has 1 N–H and O–H groups in total. The van der Waals surface area contributed by atoms with Crippen LogP contribution in [-0.2, 0) is 14.3 Å². The van der Waals surface area contributed by atoms with Crippen molar-refractivity contribution in [3.05, 3.63) is 48.0 Å². The molecule has 6 nitrogen and oxygen atoms in total. The molecule has 200 valence electrons. The van der Waals surface area contributed by atoms with Gasteiger partial charge >= 0.3 is 5.97 Å². The van der Waals surface area contributed by atoms with Gasteiger partial charge in [0.2, 0.25) is 5.12 Å². The van der Waals surface area contributed by atoms with Crippen LogP contribution in [0.15, 0.2) is 46.8 Å². The molecule has 0 aliphatic heterocycles. The minimum absolute atomic E-state index is 0.00541. The van der Waals surface area contributed by atoms with Crippen LogP contribution in [0, 0.1) is 28.6 Å². The number of allylic oxidation sites excluding steroid dienone is 4. The van der Waals surface area contributed by atoms with Crippen molar-refractivity contribution >= 4 is 28.6 Å². The molecule has 0 spiro atoms. The molecular formula is C27H29F3O6S. The Balaban J connectivity index is 1.64. The fourth-order valence-corrected chi connectivity index (χ4v) is 8.75. The molecule has 1 aromatic heterocycles. The van der Waals surface area contributed by atoms with Gasteiger partial charge in [-0.3, -0.25) is 9.59 Å². The Morgan fingerprint density at radius 2 is 2.00 bits per heavy atom. The first-order chi connectivity index (χ1) is 17.4. The number of halogens is 3. The monoisotopic (exact) mass is 538 g/mol. The van der Waals surface area contributed by atoms with Gasteiger partial charge in [0.25, 0.3) is 0 Å². The van der Waals surface area contributed by atoms with Crippen molar-refractivity contribution in [3.63, 3.8) is 0 Å². The van der Waals surface area contributed by atoms with E-state index in [1.54, 1.807) is 13.8 Å². The Morgan fingerprint density at radius 1 is 1.27 bits per heavy atom. The number of hydrogen-bond acceptors (Lipinski definition) is 7. The number of furan rings is 1. The average molecular weight is 539 g/mol. The van der Waals surface area contributed by atoms with Crippen LogP contribution in [-0.4, -0.2) is 51.5 Å². The van der Waals surface area contributed by atoms with Crippen molar-refractivity contribution in [2.24, 2.45) is 28.6 Å². The normalized spacial score (nSPS) is 44.5. The minimum Gasteiger partial charge on any atom is -0.472 e. The second-order valence-corrected chi connectivity index (χ2v) is 12.1. The zero-order valence-electron chi connectivity index (χ0n) is 20.7. The molecule has 4 aliphatic carbocycles. The SMILES string of the molecule is CC1C[C@H]2[C@@H]3CC(F)C4=CC(=O)C=C[C@]4(C)C3(F)C(O)C[C@]2(C)C1(OC(=O)c1ccoc1)C(=O)SCF. The lowest BCUT2D eigenvalue weighted by Crippen LogP contribution is -2.70. The molecule has 0 bridgehead atoms. The fraction of sp³-hybridized carbons (Fsp3) is 0.593. The highest BCUT2D eigenvalue weighted by molar-refractivity contribution is 8.13. The summed E-state index contributed by atoms with van der Waals surface area (Å²) in [5.74, 6) is -3.72. The van der Waals surface area contributed by atoms with Crippen LogP contribution >= 0.6 is 11.8 Å². The summed E-state index contributed by atoms with van der Waals surface area (Å²) in [5.41, 5.74) is -7.10. The molecule has 0 saturated heterocycles. The third kappa shape index (κ3) is 3.27. The van der Waals surface area contributed by atoms with Gasteiger partial charge in [0.1, 0.15) is 18.4 Å². The quantitative estimate of drug-likeness (QED) is 0.544. The van der Waals surface area contributed by atoms with E-state index < -0.39 is 75.0 Å². The number of thioether (sulfide) groups is 1. The van der Waals surface area contributed by atoms with Crippen LogP contribution in [0.4, 0.5) is 13.2 Å². The summed E-state index contributed by atoms with van der Waals surface area (Å²) in [4.78, 5) is 38.7. The molecule has 3 saturated carbocycles. The number of aliphatic hydroxyl groups excluding tert-OH is 1. The Hall–Kier alpha value is -2.33. The molecule has 4 aliphatic rings. The molecule has 0 radical (unpaired) electrons. The Labute approximate surface area is 216 Å². The third-order valence-corrected chi connectivity index (χ3v) is 10.3. The van der Waals surface area contributed by atoms with Crippen molar-refractivity contribution in [1.82, 2.24) is 0 Å². The summed E-state index contributed by atoms with van der Waals surface area (Å²) in [6, 6.07) is 0.304. The lowest BCUT2D eigenvalue weighted by Gasteiger charge is -2.63. The molecule has 5 unspecified atom stereocenters. The van der Waals surface area contributed by atoms with E-state index >= 15 is 8.78 Å². The highest BCUT2D eigenvalue weighted by atomic mass is 32.2. The van der Waals surface area contributed by atoms with Crippen molar-refractivity contribution in [2.45, 2.75) is 63.6 Å². The number of alkyl halides is 3. The third-order valence-electron chi connectivity index (χ3n) is 9.67. The summed E-state index contributed by atoms with van der Waals surface area (Å²) < 4.78 is 57.4. The van der Waals surface area contributed by atoms with Gasteiger partial charge in [-0.15, -0.1) is 0 Å². The molecule has 1 aromatic rings. The van der Waals surface area contributed by atoms with Gasteiger partial charge in [-0.1, -0.05) is 19.9 Å². The maximum absolute atomic E-state index is 17.4. The van der Waals surface area contributed by atoms with Crippen molar-refractivity contribution in [1.29, 1.82) is 0 Å². The van der Waals surface area contributed by atoms with Gasteiger partial charge in [0, 0.05) is 22.7 Å². The zero-order valence-corrected chi connectivity index (χ0v) is 21.5. The first-order valence-electron chi connectivity index (χ1n) is 12.3. The number of ether oxygens (including phenoxy) is 1. The van der Waals surface area contributed by atoms with Crippen LogP contribution < -0.4 is 0 Å². The molecular weight excluding hydrogens is 509 g/mol. The van der Waals surface area contributed by atoms with Gasteiger partial charge in [0.05, 0.1) is 17.9 Å². The smallest absolute Gasteiger partial charge is 0.342 e. The van der Waals surface area contributed by atoms with Crippen LogP contribution in [0.1, 0.15) is 50.4 Å². The number of ketones is 1. The predicted octanol–water partition coefficient (Wildman–Crippen LogP) is 4.93. The number of hydrogen-bond donors (Lipinski definition) is 1. The topological polar surface area (TPSA) is 93.8 Å². The summed E-state index contributed by atoms with van der Waals surface area (Å²) in [6.45, 7) is 4.81. The average Bonchev–Trinajstić information content (AvgIpc) is 3.45. The molecule has 0 aromatic carbocycles. The van der Waals surface area contributed by atoms with Crippen LogP contribution in [0.3, 0.4) is 0 Å². The fourth-order valence-electron chi connectivity index (χ4n) is 7.96. The molecule has 9 atom stereocenters. The summed E-state index contributed by atoms with van der Waals surface area (Å²) in [7, 11) is 0. The number of aliphatic hydroxyl groups is 1. The highest BCUT2D eigenvalue weighted by Gasteiger charge is 2.78. The van der Waals surface area contributed by atoms with Crippen molar-refractivity contribution in [2.75, 3.05) is 6.01 Å². The molecule has 5 rings (SSSR count). The van der Waals surface area contributed by atoms with E-state index in [0.717, 1.165) is 12.3 Å². The van der Waals surface area contributed by atoms with Gasteiger partial charge in [0.15, 0.2) is 17.1 Å². The summed E-state index contributed by atoms with van der Waals surface area (Å²) >= 11 is 0.359. The maximum atomic E-state index is 17.4. The largest absolute Gasteiger partial charge is 0.472 e. The minimum atomic E-state index is -2.34. The van der Waals surface area contributed by atoms with Crippen molar-refractivity contribution < 1.29 is 41.8 Å². The second kappa shape index (κ2) is 8.59. The van der Waals surface area contributed by atoms with Crippen molar-refractivity contribution in [3.8, 4) is 0 Å². The molecule has 37 heavy (non-hydrogen) atoms. The Bertz CT molecular complexity index is 1200. The molecule has 1 heterocycles. The first kappa shape index (κ1) is 26.3. The van der Waals surface area contributed by atoms with E-state index in [9.17, 15) is 23.9 Å². The molecule has 0 amide bonds. The van der Waals surface area contributed by atoms with E-state index in [-0.39, 0.29) is 30.4 Å². The summed E-state index contributed by atoms with van der Waals surface area (Å²) in [6.07, 6.45) is 2.34. The Kier molecular flexibility index (Phi) is 6.10. The highest BCUT2D eigenvalue weighted by Crippen LogP contribution is 2.72. The van der Waals surface area contributed by atoms with E-state index in [4.69, 9.17) is 9.15 Å². The maximum Gasteiger partial charge on any atom is 0.342 e. The lowest BCUT2D eigenvalue weighted by molar-refractivity contribution is -0.221. The first-order valence-corrected chi connectivity index (χ1v) is 13.3. The van der Waals surface area contributed by atoms with E-state index in [1.807, 2.05) is 0 Å².